The van der Waals surface area contributed by atoms with E-state index < -0.39 is 41.4 Å². The van der Waals surface area contributed by atoms with Crippen LogP contribution in [0.4, 0.5) is 17.6 Å². The van der Waals surface area contributed by atoms with E-state index in [1.165, 1.54) is 25.3 Å². The van der Waals surface area contributed by atoms with Crippen LogP contribution in [0, 0.1) is 24.1 Å². The molecule has 0 unspecified atom stereocenters. The summed E-state index contributed by atoms with van der Waals surface area (Å²) in [6.45, 7) is 3.17. The number of ether oxygens (including phenoxy) is 1. The summed E-state index contributed by atoms with van der Waals surface area (Å²) >= 11 is 0. The number of hydrogen-bond acceptors (Lipinski definition) is 7. The van der Waals surface area contributed by atoms with Gasteiger partial charge in [-0.1, -0.05) is 0 Å². The van der Waals surface area contributed by atoms with Gasteiger partial charge in [-0.15, -0.1) is 0 Å². The highest BCUT2D eigenvalue weighted by Gasteiger charge is 2.59. The lowest BCUT2D eigenvalue weighted by Gasteiger charge is -2.41. The lowest BCUT2D eigenvalue weighted by Crippen LogP contribution is -2.60. The molecule has 168 valence electrons. The van der Waals surface area contributed by atoms with Crippen molar-refractivity contribution < 1.29 is 27.1 Å². The minimum Gasteiger partial charge on any atom is -0.385 e. The van der Waals surface area contributed by atoms with E-state index in [0.29, 0.717) is 11.1 Å². The van der Waals surface area contributed by atoms with Gasteiger partial charge in [0.15, 0.2) is 5.78 Å². The first-order valence-corrected chi connectivity index (χ1v) is 9.42. The van der Waals surface area contributed by atoms with Gasteiger partial charge in [0, 0.05) is 17.5 Å². The topological polar surface area (TPSA) is 114 Å². The van der Waals surface area contributed by atoms with Gasteiger partial charge in [-0.25, -0.2) is 4.39 Å². The van der Waals surface area contributed by atoms with E-state index in [2.05, 4.69) is 15.0 Å². The van der Waals surface area contributed by atoms with Crippen molar-refractivity contribution in [2.24, 2.45) is 10.7 Å². The predicted octanol–water partition coefficient (Wildman–Crippen LogP) is 3.14. The maximum atomic E-state index is 14.6. The number of amidine groups is 1. The molecule has 7 nitrogen and oxygen atoms in total. The highest BCUT2D eigenvalue weighted by molar-refractivity contribution is 5.96. The van der Waals surface area contributed by atoms with Gasteiger partial charge in [-0.3, -0.25) is 19.8 Å². The van der Waals surface area contributed by atoms with Crippen LogP contribution in [0.2, 0.25) is 0 Å². The van der Waals surface area contributed by atoms with Crippen molar-refractivity contribution in [3.63, 3.8) is 0 Å². The van der Waals surface area contributed by atoms with Crippen molar-refractivity contribution in [1.29, 1.82) is 5.26 Å². The summed E-state index contributed by atoms with van der Waals surface area (Å²) in [5.41, 5.74) is 2.22. The first-order valence-electron chi connectivity index (χ1n) is 9.42. The number of hydrogen-bond donors (Lipinski definition) is 1. The van der Waals surface area contributed by atoms with Crippen LogP contribution in [0.1, 0.15) is 46.7 Å². The smallest absolute Gasteiger partial charge is 0.385 e. The average molecular weight is 449 g/mol. The number of aryl methyl sites for hydroxylation is 1. The van der Waals surface area contributed by atoms with Crippen molar-refractivity contribution in [3.8, 4) is 6.07 Å². The molecule has 1 aliphatic rings. The summed E-state index contributed by atoms with van der Waals surface area (Å²) in [5, 5.41) is 8.91. The van der Waals surface area contributed by atoms with Crippen molar-refractivity contribution in [2.75, 3.05) is 6.61 Å². The molecule has 0 saturated heterocycles. The van der Waals surface area contributed by atoms with Crippen LogP contribution in [-0.4, -0.2) is 40.0 Å². The number of halogens is 4. The molecule has 0 saturated carbocycles. The Morgan fingerprint density at radius 2 is 1.97 bits per heavy atom. The van der Waals surface area contributed by atoms with Gasteiger partial charge in [0.1, 0.15) is 29.0 Å². The van der Waals surface area contributed by atoms with Gasteiger partial charge in [0.25, 0.3) is 0 Å². The van der Waals surface area contributed by atoms with E-state index >= 15 is 0 Å². The maximum absolute atomic E-state index is 14.6. The van der Waals surface area contributed by atoms with Gasteiger partial charge in [-0.2, -0.15) is 18.4 Å². The Morgan fingerprint density at radius 1 is 1.28 bits per heavy atom. The van der Waals surface area contributed by atoms with E-state index in [0.717, 1.165) is 13.1 Å². The van der Waals surface area contributed by atoms with Crippen LogP contribution >= 0.6 is 0 Å². The number of nitrogens with two attached hydrogens (primary N) is 1. The number of pyridine rings is 2. The summed E-state index contributed by atoms with van der Waals surface area (Å²) in [4.78, 5) is 24.5. The van der Waals surface area contributed by atoms with E-state index in [1.54, 1.807) is 6.92 Å². The molecule has 0 radical (unpaired) electrons. The Bertz CT molecular complexity index is 1160. The molecule has 0 bridgehead atoms. The molecule has 11 heteroatoms. The molecule has 2 aromatic rings. The average Bonchev–Trinajstić information content (AvgIpc) is 2.71. The number of carbonyl (C=O) groups excluding carboxylic acids is 1. The number of ketones is 1. The van der Waals surface area contributed by atoms with E-state index in [9.17, 15) is 22.4 Å². The molecule has 0 spiro atoms. The zero-order chi connectivity index (χ0) is 23.9. The van der Waals surface area contributed by atoms with Crippen LogP contribution in [0.5, 0.6) is 0 Å². The molecule has 0 amide bonds. The Morgan fingerprint density at radius 3 is 2.53 bits per heavy atom. The first-order chi connectivity index (χ1) is 14.8. The van der Waals surface area contributed by atoms with E-state index in [4.69, 9.17) is 15.7 Å². The SMILES string of the molecule is Cc1cc(C#N)cnc1C(=O)Cc1cc([C@@]2(C)CO[C@@](C)(C(F)(F)F)C(N)=N2)c(F)cn1. The molecule has 2 aromatic heterocycles. The molecule has 2 atom stereocenters. The maximum Gasteiger partial charge on any atom is 0.424 e. The fourth-order valence-electron chi connectivity index (χ4n) is 3.30. The molecule has 2 N–H and O–H groups in total. The minimum atomic E-state index is -4.80. The molecular formula is C21H19F4N5O2. The summed E-state index contributed by atoms with van der Waals surface area (Å²) in [7, 11) is 0. The quantitative estimate of drug-likeness (QED) is 0.567. The Hall–Kier alpha value is -3.39. The van der Waals surface area contributed by atoms with Crippen molar-refractivity contribution >= 4 is 11.6 Å². The van der Waals surface area contributed by atoms with E-state index in [-0.39, 0.29) is 23.4 Å². The van der Waals surface area contributed by atoms with Crippen LogP contribution < -0.4 is 5.73 Å². The molecule has 1 aliphatic heterocycles. The monoisotopic (exact) mass is 449 g/mol. The number of rotatable bonds is 4. The normalized spacial score (nSPS) is 23.4. The molecule has 3 rings (SSSR count). The number of Topliss-reactive ketones (excluding diaryl/α,β-unsaturated/α-hetero) is 1. The predicted molar refractivity (Wildman–Crippen MR) is 105 cm³/mol. The van der Waals surface area contributed by atoms with Crippen molar-refractivity contribution in [2.45, 2.75) is 44.5 Å². The summed E-state index contributed by atoms with van der Waals surface area (Å²) in [6, 6.07) is 4.69. The molecular weight excluding hydrogens is 430 g/mol. The lowest BCUT2D eigenvalue weighted by atomic mass is 9.89. The summed E-state index contributed by atoms with van der Waals surface area (Å²) < 4.78 is 59.6. The van der Waals surface area contributed by atoms with Crippen LogP contribution in [-0.2, 0) is 16.7 Å². The summed E-state index contributed by atoms with van der Waals surface area (Å²) in [5.74, 6) is -2.08. The van der Waals surface area contributed by atoms with Crippen molar-refractivity contribution in [1.82, 2.24) is 9.97 Å². The standard InChI is InChI=1S/C21H19F4N5O2/c1-11-4-12(7-26)8-29-17(11)16(31)6-13-5-14(15(22)9-28-13)19(2)10-32-20(3,18(27)30-19)21(23,24)25/h4-5,8-9H,6,10H2,1-3H3,(H2,27,30)/t19-,20-/m1/s1. The van der Waals surface area contributed by atoms with Gasteiger partial charge in [-0.05, 0) is 38.5 Å². The van der Waals surface area contributed by atoms with Crippen LogP contribution in [0.25, 0.3) is 0 Å². The second kappa shape index (κ2) is 7.94. The van der Waals surface area contributed by atoms with Gasteiger partial charge in [0.05, 0.1) is 24.8 Å². The number of nitriles is 1. The minimum absolute atomic E-state index is 0.105. The molecule has 32 heavy (non-hydrogen) atoms. The molecule has 0 aromatic carbocycles. The second-order valence-electron chi connectivity index (χ2n) is 7.85. The Kier molecular flexibility index (Phi) is 5.78. The van der Waals surface area contributed by atoms with Gasteiger partial charge in [0.2, 0.25) is 5.60 Å². The number of carbonyl (C=O) groups is 1. The van der Waals surface area contributed by atoms with Crippen molar-refractivity contribution in [3.05, 3.63) is 58.4 Å². The Balaban J connectivity index is 1.93. The van der Waals surface area contributed by atoms with Gasteiger partial charge >= 0.3 is 6.18 Å². The third-order valence-electron chi connectivity index (χ3n) is 5.34. The van der Waals surface area contributed by atoms with Crippen LogP contribution in [0.15, 0.2) is 29.5 Å². The number of aliphatic imine (C=N–C) groups is 1. The molecule has 0 fully saturated rings. The largest absolute Gasteiger partial charge is 0.424 e. The second-order valence-corrected chi connectivity index (χ2v) is 7.85. The third-order valence-corrected chi connectivity index (χ3v) is 5.34. The van der Waals surface area contributed by atoms with E-state index in [1.807, 2.05) is 6.07 Å². The lowest BCUT2D eigenvalue weighted by molar-refractivity contribution is -0.249. The fourth-order valence-corrected chi connectivity index (χ4v) is 3.30. The zero-order valence-corrected chi connectivity index (χ0v) is 17.4. The van der Waals surface area contributed by atoms with Crippen LogP contribution in [0.3, 0.4) is 0 Å². The number of aromatic nitrogens is 2. The molecule has 3 heterocycles. The number of alkyl halides is 3. The Labute approximate surface area is 181 Å². The highest BCUT2D eigenvalue weighted by atomic mass is 19.4. The number of nitrogens with zero attached hydrogens (tertiary/aromatic N) is 4. The first kappa shape index (κ1) is 23.3. The molecule has 0 aliphatic carbocycles. The summed E-state index contributed by atoms with van der Waals surface area (Å²) in [6.07, 6.45) is -2.92. The zero-order valence-electron chi connectivity index (χ0n) is 17.4. The third kappa shape index (κ3) is 4.05. The fraction of sp³-hybridized carbons (Fsp3) is 0.381. The van der Waals surface area contributed by atoms with Gasteiger partial charge < -0.3 is 10.5 Å². The highest BCUT2D eigenvalue weighted by Crippen LogP contribution is 2.41.